The number of aryl methyl sites for hydroxylation is 1. The number of benzene rings is 1. The van der Waals surface area contributed by atoms with Crippen LogP contribution < -0.4 is 11.3 Å². The Hall–Kier alpha value is -1.98. The highest BCUT2D eigenvalue weighted by Gasteiger charge is 2.18. The molecule has 2 aromatic rings. The first-order chi connectivity index (χ1) is 10.3. The van der Waals surface area contributed by atoms with Gasteiger partial charge in [0.1, 0.15) is 5.82 Å². The number of nitrogens with zero attached hydrogens (tertiary/aromatic N) is 2. The molecule has 0 bridgehead atoms. The highest BCUT2D eigenvalue weighted by atomic mass is 16.5. The average Bonchev–Trinajstić information content (AvgIpc) is 2.54. The first-order valence-electron chi connectivity index (χ1n) is 7.26. The van der Waals surface area contributed by atoms with E-state index < -0.39 is 0 Å². The topological polar surface area (TPSA) is 73.1 Å². The Bertz CT molecular complexity index is 625. The molecule has 1 aliphatic rings. The normalized spacial score (nSPS) is 13.8. The van der Waals surface area contributed by atoms with Crippen LogP contribution in [0, 0.1) is 0 Å². The van der Waals surface area contributed by atoms with Gasteiger partial charge in [-0.15, -0.1) is 0 Å². The van der Waals surface area contributed by atoms with E-state index in [0.29, 0.717) is 6.61 Å². The summed E-state index contributed by atoms with van der Waals surface area (Å²) in [6.45, 7) is 0.584. The van der Waals surface area contributed by atoms with E-state index in [-0.39, 0.29) is 0 Å². The molecule has 1 heterocycles. The molecule has 0 fully saturated rings. The van der Waals surface area contributed by atoms with E-state index in [1.165, 1.54) is 18.4 Å². The minimum atomic E-state index is 0.584. The molecule has 3 rings (SSSR count). The monoisotopic (exact) mass is 284 g/mol. The van der Waals surface area contributed by atoms with E-state index in [4.69, 9.17) is 15.6 Å². The molecule has 0 saturated carbocycles. The summed E-state index contributed by atoms with van der Waals surface area (Å²) < 4.78 is 5.18. The fourth-order valence-corrected chi connectivity index (χ4v) is 2.81. The molecule has 1 aromatic carbocycles. The summed E-state index contributed by atoms with van der Waals surface area (Å²) >= 11 is 0. The van der Waals surface area contributed by atoms with Crippen LogP contribution in [0.25, 0.3) is 11.4 Å². The van der Waals surface area contributed by atoms with Crippen molar-refractivity contribution in [3.8, 4) is 11.4 Å². The SMILES string of the molecule is COCc1cccc(-c2nc3c(c(NN)n2)CCCC3)c1. The maximum Gasteiger partial charge on any atom is 0.161 e. The molecule has 0 saturated heterocycles. The van der Waals surface area contributed by atoms with Crippen LogP contribution in [0.4, 0.5) is 5.82 Å². The molecule has 21 heavy (non-hydrogen) atoms. The predicted octanol–water partition coefficient (Wildman–Crippen LogP) is 2.45. The van der Waals surface area contributed by atoms with Gasteiger partial charge in [0.25, 0.3) is 0 Å². The van der Waals surface area contributed by atoms with E-state index >= 15 is 0 Å². The number of methoxy groups -OCH3 is 1. The molecular formula is C16H20N4O. The fourth-order valence-electron chi connectivity index (χ4n) is 2.81. The Balaban J connectivity index is 2.04. The molecule has 1 aromatic heterocycles. The van der Waals surface area contributed by atoms with E-state index in [1.54, 1.807) is 7.11 Å². The Morgan fingerprint density at radius 1 is 1.24 bits per heavy atom. The van der Waals surface area contributed by atoms with Gasteiger partial charge in [-0.3, -0.25) is 0 Å². The third kappa shape index (κ3) is 2.89. The van der Waals surface area contributed by atoms with E-state index in [9.17, 15) is 0 Å². The Labute approximate surface area is 124 Å². The van der Waals surface area contributed by atoms with Crippen LogP contribution >= 0.6 is 0 Å². The van der Waals surface area contributed by atoms with Gasteiger partial charge in [0.2, 0.25) is 0 Å². The lowest BCUT2D eigenvalue weighted by Gasteiger charge is -2.18. The highest BCUT2D eigenvalue weighted by Crippen LogP contribution is 2.28. The molecule has 0 radical (unpaired) electrons. The van der Waals surface area contributed by atoms with Crippen LogP contribution in [0.3, 0.4) is 0 Å². The number of ether oxygens (including phenoxy) is 1. The number of hydrogen-bond acceptors (Lipinski definition) is 5. The second-order valence-corrected chi connectivity index (χ2v) is 5.31. The maximum atomic E-state index is 5.64. The average molecular weight is 284 g/mol. The third-order valence-electron chi connectivity index (χ3n) is 3.82. The zero-order valence-electron chi connectivity index (χ0n) is 12.2. The van der Waals surface area contributed by atoms with Crippen molar-refractivity contribution in [2.24, 2.45) is 5.84 Å². The van der Waals surface area contributed by atoms with Gasteiger partial charge in [-0.1, -0.05) is 18.2 Å². The first kappa shape index (κ1) is 14.0. The second kappa shape index (κ2) is 6.20. The molecule has 0 spiro atoms. The van der Waals surface area contributed by atoms with Gasteiger partial charge in [-0.25, -0.2) is 15.8 Å². The van der Waals surface area contributed by atoms with Gasteiger partial charge in [0.15, 0.2) is 5.82 Å². The van der Waals surface area contributed by atoms with E-state index in [0.717, 1.165) is 41.3 Å². The number of aromatic nitrogens is 2. The second-order valence-electron chi connectivity index (χ2n) is 5.31. The van der Waals surface area contributed by atoms with Crippen molar-refractivity contribution in [1.29, 1.82) is 0 Å². The molecular weight excluding hydrogens is 264 g/mol. The lowest BCUT2D eigenvalue weighted by molar-refractivity contribution is 0.185. The zero-order valence-corrected chi connectivity index (χ0v) is 12.2. The predicted molar refractivity (Wildman–Crippen MR) is 82.6 cm³/mol. The van der Waals surface area contributed by atoms with Gasteiger partial charge >= 0.3 is 0 Å². The summed E-state index contributed by atoms with van der Waals surface area (Å²) in [5.41, 5.74) is 7.12. The lowest BCUT2D eigenvalue weighted by atomic mass is 9.96. The maximum absolute atomic E-state index is 5.64. The minimum absolute atomic E-state index is 0.584. The van der Waals surface area contributed by atoms with Crippen LogP contribution in [-0.4, -0.2) is 17.1 Å². The van der Waals surface area contributed by atoms with Gasteiger partial charge in [0.05, 0.1) is 6.61 Å². The van der Waals surface area contributed by atoms with Gasteiger partial charge in [0, 0.05) is 23.9 Å². The molecule has 5 heteroatoms. The van der Waals surface area contributed by atoms with Crippen molar-refractivity contribution >= 4 is 5.82 Å². The number of fused-ring (bicyclic) bond motifs is 1. The smallest absolute Gasteiger partial charge is 0.161 e. The fraction of sp³-hybridized carbons (Fsp3) is 0.375. The third-order valence-corrected chi connectivity index (χ3v) is 3.82. The quantitative estimate of drug-likeness (QED) is 0.666. The van der Waals surface area contributed by atoms with E-state index in [1.807, 2.05) is 18.2 Å². The number of hydrazine groups is 1. The van der Waals surface area contributed by atoms with Crippen molar-refractivity contribution in [2.75, 3.05) is 12.5 Å². The molecule has 0 atom stereocenters. The molecule has 0 amide bonds. The van der Waals surface area contributed by atoms with Crippen molar-refractivity contribution < 1.29 is 4.74 Å². The Morgan fingerprint density at radius 3 is 2.90 bits per heavy atom. The van der Waals surface area contributed by atoms with Crippen molar-refractivity contribution in [3.63, 3.8) is 0 Å². The Kier molecular flexibility index (Phi) is 4.13. The molecule has 5 nitrogen and oxygen atoms in total. The number of rotatable bonds is 4. The summed E-state index contributed by atoms with van der Waals surface area (Å²) in [7, 11) is 1.69. The van der Waals surface area contributed by atoms with Crippen LogP contribution in [0.2, 0.25) is 0 Å². The summed E-state index contributed by atoms with van der Waals surface area (Å²) in [5, 5.41) is 0. The van der Waals surface area contributed by atoms with Gasteiger partial charge < -0.3 is 10.2 Å². The minimum Gasteiger partial charge on any atom is -0.380 e. The van der Waals surface area contributed by atoms with Crippen molar-refractivity contribution in [1.82, 2.24) is 9.97 Å². The number of anilines is 1. The number of nitrogens with two attached hydrogens (primary N) is 1. The van der Waals surface area contributed by atoms with Gasteiger partial charge in [-0.2, -0.15) is 0 Å². The van der Waals surface area contributed by atoms with Crippen LogP contribution in [0.1, 0.15) is 29.7 Å². The summed E-state index contributed by atoms with van der Waals surface area (Å²) in [6, 6.07) is 8.12. The molecule has 0 aliphatic heterocycles. The molecule has 0 unspecified atom stereocenters. The lowest BCUT2D eigenvalue weighted by Crippen LogP contribution is -2.17. The molecule has 1 aliphatic carbocycles. The summed E-state index contributed by atoms with van der Waals surface area (Å²) in [5.74, 6) is 7.12. The standard InChI is InChI=1S/C16H20N4O/c1-21-10-11-5-4-6-12(9-11)15-18-14-8-3-2-7-13(14)16(19-15)20-17/h4-6,9H,2-3,7-8,10,17H2,1H3,(H,18,19,20). The van der Waals surface area contributed by atoms with Crippen molar-refractivity contribution in [3.05, 3.63) is 41.1 Å². The van der Waals surface area contributed by atoms with Crippen LogP contribution in [0.5, 0.6) is 0 Å². The van der Waals surface area contributed by atoms with Crippen LogP contribution in [0.15, 0.2) is 24.3 Å². The number of hydrogen-bond donors (Lipinski definition) is 2. The van der Waals surface area contributed by atoms with Gasteiger partial charge in [-0.05, 0) is 37.3 Å². The number of nitrogens with one attached hydrogen (secondary N) is 1. The summed E-state index contributed by atoms with van der Waals surface area (Å²) in [6.07, 6.45) is 4.35. The molecule has 3 N–H and O–H groups in total. The Morgan fingerprint density at radius 2 is 2.10 bits per heavy atom. The van der Waals surface area contributed by atoms with Crippen molar-refractivity contribution in [2.45, 2.75) is 32.3 Å². The summed E-state index contributed by atoms with van der Waals surface area (Å²) in [4.78, 5) is 9.33. The van der Waals surface area contributed by atoms with Crippen LogP contribution in [-0.2, 0) is 24.2 Å². The number of nitrogen functional groups attached to an aromatic ring is 1. The largest absolute Gasteiger partial charge is 0.380 e. The first-order valence-corrected chi connectivity index (χ1v) is 7.26. The highest BCUT2D eigenvalue weighted by molar-refractivity contribution is 5.60. The zero-order chi connectivity index (χ0) is 14.7. The molecule has 110 valence electrons. The van der Waals surface area contributed by atoms with E-state index in [2.05, 4.69) is 16.5 Å².